The molecule has 1 amide bonds. The van der Waals surface area contributed by atoms with Crippen molar-refractivity contribution in [2.24, 2.45) is 0 Å². The van der Waals surface area contributed by atoms with Crippen LogP contribution in [0.2, 0.25) is 0 Å². The molecule has 20 heavy (non-hydrogen) atoms. The Morgan fingerprint density at radius 2 is 2.25 bits per heavy atom. The van der Waals surface area contributed by atoms with Crippen LogP contribution in [0.1, 0.15) is 15.2 Å². The van der Waals surface area contributed by atoms with Gasteiger partial charge in [-0.2, -0.15) is 0 Å². The van der Waals surface area contributed by atoms with Gasteiger partial charge in [-0.1, -0.05) is 0 Å². The lowest BCUT2D eigenvalue weighted by molar-refractivity contribution is -0.140. The van der Waals surface area contributed by atoms with E-state index in [2.05, 4.69) is 15.3 Å². The van der Waals surface area contributed by atoms with Crippen molar-refractivity contribution >= 4 is 33.4 Å². The number of nitrogens with one attached hydrogen (secondary N) is 2. The van der Waals surface area contributed by atoms with Crippen molar-refractivity contribution in [2.45, 2.75) is 13.0 Å². The molecule has 9 heteroatoms. The van der Waals surface area contributed by atoms with Crippen LogP contribution in [0.15, 0.2) is 11.1 Å². The van der Waals surface area contributed by atoms with Gasteiger partial charge in [-0.15, -0.1) is 11.3 Å². The molecule has 0 saturated carbocycles. The second-order valence-corrected chi connectivity index (χ2v) is 5.01. The zero-order valence-corrected chi connectivity index (χ0v) is 11.2. The van der Waals surface area contributed by atoms with E-state index in [9.17, 15) is 14.4 Å². The minimum atomic E-state index is -1.39. The van der Waals surface area contributed by atoms with Gasteiger partial charge in [-0.25, -0.2) is 9.78 Å². The van der Waals surface area contributed by atoms with E-state index >= 15 is 0 Å². The van der Waals surface area contributed by atoms with Crippen molar-refractivity contribution in [2.75, 3.05) is 6.61 Å². The standard InChI is InChI=1S/C11H11N3O5S/c1-4-6-8(16)12-3-13-10(6)20-7(4)9(17)14-5(2-15)11(18)19/h3,5,15H,2H2,1H3,(H,14,17)(H,18,19)(H,12,13,16)/t5-/m0/s1. The number of aliphatic hydroxyl groups excluding tert-OH is 1. The monoisotopic (exact) mass is 297 g/mol. The maximum atomic E-state index is 12.0. The summed E-state index contributed by atoms with van der Waals surface area (Å²) in [7, 11) is 0. The molecule has 0 saturated heterocycles. The van der Waals surface area contributed by atoms with E-state index in [-0.39, 0.29) is 10.4 Å². The number of aliphatic hydroxyl groups is 1. The van der Waals surface area contributed by atoms with Gasteiger partial charge >= 0.3 is 5.97 Å². The van der Waals surface area contributed by atoms with Crippen LogP contribution < -0.4 is 10.9 Å². The Balaban J connectivity index is 2.41. The zero-order valence-electron chi connectivity index (χ0n) is 10.3. The molecule has 1 atom stereocenters. The molecule has 2 aromatic rings. The average Bonchev–Trinajstić information content (AvgIpc) is 2.74. The van der Waals surface area contributed by atoms with Crippen molar-refractivity contribution in [3.05, 3.63) is 27.1 Å². The molecule has 8 nitrogen and oxygen atoms in total. The van der Waals surface area contributed by atoms with E-state index in [0.29, 0.717) is 15.8 Å². The number of carbonyl (C=O) groups excluding carboxylic acids is 1. The molecule has 0 aliphatic carbocycles. The molecule has 106 valence electrons. The molecule has 0 radical (unpaired) electrons. The molecule has 0 aliphatic rings. The lowest BCUT2D eigenvalue weighted by atomic mass is 10.2. The molecule has 0 bridgehead atoms. The van der Waals surface area contributed by atoms with Gasteiger partial charge < -0.3 is 20.5 Å². The SMILES string of the molecule is Cc1c(C(=O)N[C@@H](CO)C(=O)O)sc2nc[nH]c(=O)c12. The zero-order chi connectivity index (χ0) is 14.9. The summed E-state index contributed by atoms with van der Waals surface area (Å²) in [4.78, 5) is 41.4. The van der Waals surface area contributed by atoms with Crippen LogP contribution in [0.25, 0.3) is 10.2 Å². The predicted octanol–water partition coefficient (Wildman–Crippen LogP) is -0.532. The van der Waals surface area contributed by atoms with E-state index in [1.165, 1.54) is 6.33 Å². The lowest BCUT2D eigenvalue weighted by Crippen LogP contribution is -2.43. The average molecular weight is 297 g/mol. The van der Waals surface area contributed by atoms with Crippen LogP contribution in [0, 0.1) is 6.92 Å². The van der Waals surface area contributed by atoms with Crippen molar-refractivity contribution in [3.8, 4) is 0 Å². The maximum absolute atomic E-state index is 12.0. The number of thiophene rings is 1. The highest BCUT2D eigenvalue weighted by atomic mass is 32.1. The summed E-state index contributed by atoms with van der Waals surface area (Å²) < 4.78 is 0. The third-order valence-corrected chi connectivity index (χ3v) is 3.92. The number of carboxylic acid groups (broad SMARTS) is 1. The number of hydrogen-bond acceptors (Lipinski definition) is 6. The third kappa shape index (κ3) is 2.40. The number of aryl methyl sites for hydroxylation is 1. The Bertz CT molecular complexity index is 735. The molecule has 0 unspecified atom stereocenters. The van der Waals surface area contributed by atoms with Gasteiger partial charge in [0.05, 0.1) is 23.2 Å². The Hall–Kier alpha value is -2.26. The first-order chi connectivity index (χ1) is 9.45. The second-order valence-electron chi connectivity index (χ2n) is 4.01. The van der Waals surface area contributed by atoms with E-state index in [4.69, 9.17) is 10.2 Å². The van der Waals surface area contributed by atoms with Gasteiger partial charge in [0.15, 0.2) is 6.04 Å². The highest BCUT2D eigenvalue weighted by Gasteiger charge is 2.23. The summed E-state index contributed by atoms with van der Waals surface area (Å²) in [6, 6.07) is -1.39. The fraction of sp³-hybridized carbons (Fsp3) is 0.273. The summed E-state index contributed by atoms with van der Waals surface area (Å²) in [5, 5.41) is 20.2. The Morgan fingerprint density at radius 1 is 1.55 bits per heavy atom. The molecule has 4 N–H and O–H groups in total. The number of amides is 1. The Morgan fingerprint density at radius 3 is 2.80 bits per heavy atom. The molecule has 2 heterocycles. The number of aliphatic carboxylic acids is 1. The van der Waals surface area contributed by atoms with E-state index in [1.807, 2.05) is 0 Å². The predicted molar refractivity (Wildman–Crippen MR) is 71.0 cm³/mol. The first-order valence-corrected chi connectivity index (χ1v) is 6.38. The maximum Gasteiger partial charge on any atom is 0.328 e. The molecule has 0 aliphatic heterocycles. The molecule has 0 aromatic carbocycles. The fourth-order valence-electron chi connectivity index (χ4n) is 1.70. The minimum absolute atomic E-state index is 0.198. The number of aromatic amines is 1. The summed E-state index contributed by atoms with van der Waals surface area (Å²) in [6.45, 7) is 0.864. The number of fused-ring (bicyclic) bond motifs is 1. The summed E-state index contributed by atoms with van der Waals surface area (Å²) >= 11 is 0.993. The van der Waals surface area contributed by atoms with Crippen LogP contribution in [0.4, 0.5) is 0 Å². The molecule has 2 rings (SSSR count). The smallest absolute Gasteiger partial charge is 0.328 e. The molecule has 2 aromatic heterocycles. The van der Waals surface area contributed by atoms with Crippen molar-refractivity contribution in [1.82, 2.24) is 15.3 Å². The van der Waals surface area contributed by atoms with Gasteiger partial charge in [0.2, 0.25) is 0 Å². The fourth-order valence-corrected chi connectivity index (χ4v) is 2.76. The lowest BCUT2D eigenvalue weighted by Gasteiger charge is -2.10. The quantitative estimate of drug-likeness (QED) is 0.599. The van der Waals surface area contributed by atoms with Crippen LogP contribution >= 0.6 is 11.3 Å². The van der Waals surface area contributed by atoms with E-state index < -0.39 is 24.5 Å². The van der Waals surface area contributed by atoms with Crippen LogP contribution in [-0.4, -0.2) is 44.7 Å². The van der Waals surface area contributed by atoms with Crippen molar-refractivity contribution < 1.29 is 19.8 Å². The van der Waals surface area contributed by atoms with Gasteiger partial charge in [0, 0.05) is 0 Å². The normalized spacial score (nSPS) is 12.3. The number of carboxylic acids is 1. The van der Waals surface area contributed by atoms with Crippen LogP contribution in [-0.2, 0) is 4.79 Å². The Labute approximate surface area is 116 Å². The highest BCUT2D eigenvalue weighted by molar-refractivity contribution is 7.20. The number of carbonyl (C=O) groups is 2. The van der Waals surface area contributed by atoms with Crippen molar-refractivity contribution in [1.29, 1.82) is 0 Å². The van der Waals surface area contributed by atoms with Gasteiger partial charge in [0.25, 0.3) is 11.5 Å². The largest absolute Gasteiger partial charge is 0.480 e. The molecular formula is C11H11N3O5S. The summed E-state index contributed by atoms with van der Waals surface area (Å²) in [6.07, 6.45) is 1.23. The number of hydrogen-bond donors (Lipinski definition) is 4. The first kappa shape index (κ1) is 14.2. The summed E-state index contributed by atoms with van der Waals surface area (Å²) in [5.74, 6) is -2.00. The molecule has 0 fully saturated rings. The first-order valence-electron chi connectivity index (χ1n) is 5.57. The third-order valence-electron chi connectivity index (χ3n) is 2.72. The second kappa shape index (κ2) is 5.39. The van der Waals surface area contributed by atoms with Gasteiger partial charge in [-0.3, -0.25) is 9.59 Å². The summed E-state index contributed by atoms with van der Waals surface area (Å²) in [5.41, 5.74) is 0.0682. The number of H-pyrrole nitrogens is 1. The topological polar surface area (TPSA) is 132 Å². The van der Waals surface area contributed by atoms with Gasteiger partial charge in [0.1, 0.15) is 4.83 Å². The van der Waals surface area contributed by atoms with Crippen LogP contribution in [0.5, 0.6) is 0 Å². The Kier molecular flexibility index (Phi) is 3.81. The molecule has 0 spiro atoms. The number of aromatic nitrogens is 2. The minimum Gasteiger partial charge on any atom is -0.480 e. The van der Waals surface area contributed by atoms with Crippen LogP contribution in [0.3, 0.4) is 0 Å². The molecular weight excluding hydrogens is 286 g/mol. The number of rotatable bonds is 4. The number of nitrogens with zero attached hydrogens (tertiary/aromatic N) is 1. The van der Waals surface area contributed by atoms with Gasteiger partial charge in [-0.05, 0) is 12.5 Å². The van der Waals surface area contributed by atoms with Crippen molar-refractivity contribution in [3.63, 3.8) is 0 Å². The van der Waals surface area contributed by atoms with E-state index in [0.717, 1.165) is 11.3 Å². The highest BCUT2D eigenvalue weighted by Crippen LogP contribution is 2.26. The van der Waals surface area contributed by atoms with E-state index in [1.54, 1.807) is 6.92 Å².